The Morgan fingerprint density at radius 1 is 1.06 bits per heavy atom. The molecular weight excluding hydrogens is 311 g/mol. The van der Waals surface area contributed by atoms with Crippen LogP contribution in [0.3, 0.4) is 0 Å². The normalized spacial score (nSPS) is 10.8. The third-order valence-electron chi connectivity index (χ3n) is 2.48. The smallest absolute Gasteiger partial charge is 0.0983 e. The molecule has 0 bridgehead atoms. The van der Waals surface area contributed by atoms with Gasteiger partial charge < -0.3 is 4.74 Å². The number of hydrogen-bond acceptors (Lipinski definition) is 2. The van der Waals surface area contributed by atoms with E-state index < -0.39 is 0 Å². The first kappa shape index (κ1) is 14.2. The van der Waals surface area contributed by atoms with Crippen LogP contribution < -0.4 is 0 Å². The third-order valence-corrected chi connectivity index (χ3v) is 4.32. The molecular formula is C13H11Cl3OS. The van der Waals surface area contributed by atoms with E-state index in [0.717, 1.165) is 21.9 Å². The predicted octanol–water partition coefficient (Wildman–Crippen LogP) is 5.47. The summed E-state index contributed by atoms with van der Waals surface area (Å²) < 4.78 is 6.37. The van der Waals surface area contributed by atoms with Crippen molar-refractivity contribution in [2.75, 3.05) is 6.61 Å². The van der Waals surface area contributed by atoms with Gasteiger partial charge in [-0.2, -0.15) is 0 Å². The molecule has 0 saturated carbocycles. The van der Waals surface area contributed by atoms with E-state index in [1.807, 2.05) is 23.6 Å². The molecule has 0 amide bonds. The molecule has 0 N–H and O–H groups in total. The van der Waals surface area contributed by atoms with Crippen LogP contribution in [0.2, 0.25) is 14.4 Å². The molecule has 0 fully saturated rings. The highest BCUT2D eigenvalue weighted by molar-refractivity contribution is 7.14. The Labute approximate surface area is 125 Å². The van der Waals surface area contributed by atoms with E-state index in [-0.39, 0.29) is 0 Å². The summed E-state index contributed by atoms with van der Waals surface area (Å²) in [5, 5.41) is 3.28. The zero-order valence-electron chi connectivity index (χ0n) is 9.46. The van der Waals surface area contributed by atoms with Gasteiger partial charge in [-0.05, 0) is 35.6 Å². The number of benzene rings is 1. The van der Waals surface area contributed by atoms with Gasteiger partial charge in [0, 0.05) is 15.6 Å². The predicted molar refractivity (Wildman–Crippen MR) is 79.2 cm³/mol. The van der Waals surface area contributed by atoms with Crippen molar-refractivity contribution in [2.45, 2.75) is 13.0 Å². The van der Waals surface area contributed by atoms with Gasteiger partial charge in [-0.1, -0.05) is 40.9 Å². The molecule has 2 rings (SSSR count). The number of thiophene rings is 1. The second-order valence-corrected chi connectivity index (χ2v) is 6.12. The summed E-state index contributed by atoms with van der Waals surface area (Å²) in [5.41, 5.74) is 2.07. The average Bonchev–Trinajstić information content (AvgIpc) is 2.73. The van der Waals surface area contributed by atoms with E-state index in [4.69, 9.17) is 39.5 Å². The SMILES string of the molecule is Clc1ccc(CCOCc2ccsc2Cl)c(Cl)c1. The van der Waals surface area contributed by atoms with Crippen LogP contribution in [0.1, 0.15) is 11.1 Å². The van der Waals surface area contributed by atoms with Crippen LogP contribution >= 0.6 is 46.1 Å². The number of ether oxygens (including phenoxy) is 1. The molecule has 0 aliphatic heterocycles. The van der Waals surface area contributed by atoms with E-state index in [1.165, 1.54) is 11.3 Å². The van der Waals surface area contributed by atoms with Crippen molar-refractivity contribution >= 4 is 46.1 Å². The van der Waals surface area contributed by atoms with Crippen molar-refractivity contribution in [1.29, 1.82) is 0 Å². The second-order valence-electron chi connectivity index (χ2n) is 3.76. The van der Waals surface area contributed by atoms with Crippen molar-refractivity contribution in [3.63, 3.8) is 0 Å². The molecule has 0 atom stereocenters. The Balaban J connectivity index is 1.80. The summed E-state index contributed by atoms with van der Waals surface area (Å²) in [6, 6.07) is 7.47. The lowest BCUT2D eigenvalue weighted by atomic mass is 10.2. The van der Waals surface area contributed by atoms with Crippen LogP contribution in [0, 0.1) is 0 Å². The highest BCUT2D eigenvalue weighted by atomic mass is 35.5. The zero-order chi connectivity index (χ0) is 13.0. The van der Waals surface area contributed by atoms with Crippen molar-refractivity contribution in [1.82, 2.24) is 0 Å². The van der Waals surface area contributed by atoms with Crippen LogP contribution in [0.4, 0.5) is 0 Å². The second kappa shape index (κ2) is 6.78. The van der Waals surface area contributed by atoms with Gasteiger partial charge in [-0.25, -0.2) is 0 Å². The van der Waals surface area contributed by atoms with E-state index >= 15 is 0 Å². The zero-order valence-corrected chi connectivity index (χ0v) is 12.5. The Bertz CT molecular complexity index is 525. The minimum absolute atomic E-state index is 0.535. The number of rotatable bonds is 5. The molecule has 1 aromatic heterocycles. The van der Waals surface area contributed by atoms with Crippen molar-refractivity contribution in [3.8, 4) is 0 Å². The lowest BCUT2D eigenvalue weighted by Gasteiger charge is -2.06. The lowest BCUT2D eigenvalue weighted by Crippen LogP contribution is -1.99. The van der Waals surface area contributed by atoms with Gasteiger partial charge in [0.1, 0.15) is 0 Å². The Hall–Kier alpha value is -0.250. The van der Waals surface area contributed by atoms with E-state index in [2.05, 4.69) is 0 Å². The fraction of sp³-hybridized carbons (Fsp3) is 0.231. The van der Waals surface area contributed by atoms with Gasteiger partial charge in [0.25, 0.3) is 0 Å². The number of halogens is 3. The summed E-state index contributed by atoms with van der Waals surface area (Å²) in [4.78, 5) is 0. The molecule has 5 heteroatoms. The molecule has 1 aromatic carbocycles. The largest absolute Gasteiger partial charge is 0.376 e. The maximum atomic E-state index is 6.07. The third kappa shape index (κ3) is 3.87. The Morgan fingerprint density at radius 3 is 2.56 bits per heavy atom. The van der Waals surface area contributed by atoms with Crippen LogP contribution in [0.25, 0.3) is 0 Å². The van der Waals surface area contributed by atoms with Crippen LogP contribution in [-0.2, 0) is 17.8 Å². The summed E-state index contributed by atoms with van der Waals surface area (Å²) in [6.45, 7) is 1.14. The molecule has 1 heterocycles. The minimum atomic E-state index is 0.535. The lowest BCUT2D eigenvalue weighted by molar-refractivity contribution is 0.124. The molecule has 18 heavy (non-hydrogen) atoms. The summed E-state index contributed by atoms with van der Waals surface area (Å²) in [6.07, 6.45) is 0.762. The maximum Gasteiger partial charge on any atom is 0.0983 e. The first-order valence-corrected chi connectivity index (χ1v) is 7.41. The molecule has 0 aliphatic rings. The van der Waals surface area contributed by atoms with Crippen molar-refractivity contribution in [2.24, 2.45) is 0 Å². The fourth-order valence-electron chi connectivity index (χ4n) is 1.51. The average molecular weight is 322 g/mol. The Morgan fingerprint density at radius 2 is 1.89 bits per heavy atom. The van der Waals surface area contributed by atoms with Crippen molar-refractivity contribution in [3.05, 3.63) is 55.2 Å². The maximum absolute atomic E-state index is 6.07. The molecule has 0 aliphatic carbocycles. The van der Waals surface area contributed by atoms with Crippen LogP contribution in [-0.4, -0.2) is 6.61 Å². The standard InChI is InChI=1S/C13H11Cl3OS/c14-11-2-1-9(12(15)7-11)3-5-17-8-10-4-6-18-13(10)16/h1-2,4,6-7H,3,5,8H2. The fourth-order valence-corrected chi connectivity index (χ4v) is 2.92. The molecule has 2 aromatic rings. The quantitative estimate of drug-likeness (QED) is 0.664. The minimum Gasteiger partial charge on any atom is -0.376 e. The molecule has 1 nitrogen and oxygen atoms in total. The number of hydrogen-bond donors (Lipinski definition) is 0. The molecule has 0 unspecified atom stereocenters. The van der Waals surface area contributed by atoms with Gasteiger partial charge in [0.15, 0.2) is 0 Å². The van der Waals surface area contributed by atoms with Gasteiger partial charge in [0.2, 0.25) is 0 Å². The summed E-state index contributed by atoms with van der Waals surface area (Å²) in [7, 11) is 0. The first-order valence-electron chi connectivity index (χ1n) is 5.40. The van der Waals surface area contributed by atoms with Crippen LogP contribution in [0.5, 0.6) is 0 Å². The van der Waals surface area contributed by atoms with Gasteiger partial charge in [-0.15, -0.1) is 11.3 Å². The van der Waals surface area contributed by atoms with Crippen molar-refractivity contribution < 1.29 is 4.74 Å². The monoisotopic (exact) mass is 320 g/mol. The van der Waals surface area contributed by atoms with Crippen LogP contribution in [0.15, 0.2) is 29.6 Å². The molecule has 0 spiro atoms. The topological polar surface area (TPSA) is 9.23 Å². The summed E-state index contributed by atoms with van der Waals surface area (Å²) >= 11 is 19.4. The van der Waals surface area contributed by atoms with Gasteiger partial charge in [0.05, 0.1) is 17.6 Å². The highest BCUT2D eigenvalue weighted by Crippen LogP contribution is 2.24. The van der Waals surface area contributed by atoms with Gasteiger partial charge >= 0.3 is 0 Å². The van der Waals surface area contributed by atoms with E-state index in [0.29, 0.717) is 23.3 Å². The van der Waals surface area contributed by atoms with Gasteiger partial charge in [-0.3, -0.25) is 0 Å². The highest BCUT2D eigenvalue weighted by Gasteiger charge is 2.03. The van der Waals surface area contributed by atoms with E-state index in [1.54, 1.807) is 6.07 Å². The Kier molecular flexibility index (Phi) is 5.34. The molecule has 0 radical (unpaired) electrons. The molecule has 96 valence electrons. The van der Waals surface area contributed by atoms with E-state index in [9.17, 15) is 0 Å². The molecule has 0 saturated heterocycles. The first-order chi connectivity index (χ1) is 8.66. The summed E-state index contributed by atoms with van der Waals surface area (Å²) in [5.74, 6) is 0.